The minimum absolute atomic E-state index is 0.0729. The minimum atomic E-state index is -0.311. The Morgan fingerprint density at radius 3 is 3.09 bits per heavy atom. The van der Waals surface area contributed by atoms with E-state index in [4.69, 9.17) is 5.73 Å². The molecule has 1 saturated heterocycles. The average Bonchev–Trinajstić information content (AvgIpc) is 3.03. The second-order valence-corrected chi connectivity index (χ2v) is 7.54. The molecule has 1 saturated carbocycles. The summed E-state index contributed by atoms with van der Waals surface area (Å²) in [5.74, 6) is 0.775. The van der Waals surface area contributed by atoms with Gasteiger partial charge in [0.25, 0.3) is 5.91 Å². The van der Waals surface area contributed by atoms with Gasteiger partial charge in [-0.1, -0.05) is 12.1 Å². The molecule has 0 unspecified atom stereocenters. The highest BCUT2D eigenvalue weighted by atomic mass is 32.1. The van der Waals surface area contributed by atoms with Gasteiger partial charge in [0.1, 0.15) is 11.5 Å². The number of hydrogen-bond acceptors (Lipinski definition) is 4. The number of aromatic nitrogens is 1. The largest absolute Gasteiger partial charge is 0.332 e. The summed E-state index contributed by atoms with van der Waals surface area (Å²) in [5.41, 5.74) is 7.00. The molecule has 3 atom stereocenters. The minimum Gasteiger partial charge on any atom is -0.332 e. The van der Waals surface area contributed by atoms with Crippen molar-refractivity contribution in [3.05, 3.63) is 40.8 Å². The van der Waals surface area contributed by atoms with Crippen LogP contribution in [0.1, 0.15) is 21.9 Å². The highest BCUT2D eigenvalue weighted by Gasteiger charge is 2.53. The second kappa shape index (κ2) is 5.39. The molecule has 4 rings (SSSR count). The van der Waals surface area contributed by atoms with E-state index >= 15 is 0 Å². The zero-order chi connectivity index (χ0) is 16.1. The number of thiazole rings is 1. The molecule has 2 heterocycles. The van der Waals surface area contributed by atoms with Gasteiger partial charge in [-0.2, -0.15) is 0 Å². The molecule has 1 aliphatic heterocycles. The van der Waals surface area contributed by atoms with E-state index in [1.807, 2.05) is 17.9 Å². The maximum Gasteiger partial charge on any atom is 0.274 e. The number of hydrogen-bond donors (Lipinski definition) is 1. The zero-order valence-electron chi connectivity index (χ0n) is 12.8. The number of fused-ring (bicyclic) bond motifs is 1. The lowest BCUT2D eigenvalue weighted by atomic mass is 10.1. The number of piperidine rings is 1. The van der Waals surface area contributed by atoms with Crippen molar-refractivity contribution in [2.75, 3.05) is 13.1 Å². The fourth-order valence-electron chi connectivity index (χ4n) is 3.64. The summed E-state index contributed by atoms with van der Waals surface area (Å²) < 4.78 is 13.5. The first-order chi connectivity index (χ1) is 11.1. The fourth-order valence-corrected chi connectivity index (χ4v) is 4.55. The van der Waals surface area contributed by atoms with Gasteiger partial charge in [-0.15, -0.1) is 11.3 Å². The summed E-state index contributed by atoms with van der Waals surface area (Å²) in [7, 11) is 0. The Morgan fingerprint density at radius 2 is 2.35 bits per heavy atom. The van der Waals surface area contributed by atoms with Crippen LogP contribution in [0.4, 0.5) is 4.39 Å². The van der Waals surface area contributed by atoms with Gasteiger partial charge in [-0.05, 0) is 42.9 Å². The fraction of sp³-hybridized carbons (Fsp3) is 0.412. The number of amides is 1. The quantitative estimate of drug-likeness (QED) is 0.941. The Bertz CT molecular complexity index is 775. The monoisotopic (exact) mass is 331 g/mol. The summed E-state index contributed by atoms with van der Waals surface area (Å²) in [4.78, 5) is 20.0. The standard InChI is InChI=1S/C17H18FN3OS/c1-9-20-15(16(23-9)10-3-2-4-12(18)5-10)17(22)21-8-11-6-13(11)14(21)7-19/h2-5,11,13-14H,6-8,19H2,1H3/t11-,13-,14+/m0/s1. The van der Waals surface area contributed by atoms with Gasteiger partial charge in [-0.25, -0.2) is 9.37 Å². The molecule has 4 nitrogen and oxygen atoms in total. The maximum absolute atomic E-state index is 13.5. The molecule has 0 radical (unpaired) electrons. The molecular formula is C17H18FN3OS. The molecule has 1 aromatic heterocycles. The van der Waals surface area contributed by atoms with Gasteiger partial charge >= 0.3 is 0 Å². The smallest absolute Gasteiger partial charge is 0.274 e. The Labute approximate surface area is 138 Å². The number of rotatable bonds is 3. The van der Waals surface area contributed by atoms with E-state index in [0.29, 0.717) is 29.6 Å². The Morgan fingerprint density at radius 1 is 1.52 bits per heavy atom. The van der Waals surface area contributed by atoms with E-state index in [-0.39, 0.29) is 17.8 Å². The molecule has 0 spiro atoms. The topological polar surface area (TPSA) is 59.2 Å². The molecule has 23 heavy (non-hydrogen) atoms. The average molecular weight is 331 g/mol. The van der Waals surface area contributed by atoms with Crippen molar-refractivity contribution in [2.24, 2.45) is 17.6 Å². The number of carbonyl (C=O) groups excluding carboxylic acids is 1. The van der Waals surface area contributed by atoms with Gasteiger partial charge in [0.15, 0.2) is 0 Å². The van der Waals surface area contributed by atoms with Crippen molar-refractivity contribution >= 4 is 17.2 Å². The van der Waals surface area contributed by atoms with E-state index < -0.39 is 0 Å². The van der Waals surface area contributed by atoms with Crippen molar-refractivity contribution in [3.8, 4) is 10.4 Å². The van der Waals surface area contributed by atoms with Gasteiger partial charge in [0, 0.05) is 19.1 Å². The van der Waals surface area contributed by atoms with E-state index in [1.165, 1.54) is 29.9 Å². The van der Waals surface area contributed by atoms with Crippen LogP contribution >= 0.6 is 11.3 Å². The SMILES string of the molecule is Cc1nc(C(=O)N2C[C@@H]3C[C@@H]3[C@H]2CN)c(-c2cccc(F)c2)s1. The number of carbonyl (C=O) groups is 1. The molecule has 2 aliphatic rings. The molecular weight excluding hydrogens is 313 g/mol. The lowest BCUT2D eigenvalue weighted by molar-refractivity contribution is 0.0708. The van der Waals surface area contributed by atoms with Crippen LogP contribution in [-0.4, -0.2) is 34.9 Å². The van der Waals surface area contributed by atoms with Gasteiger partial charge in [-0.3, -0.25) is 4.79 Å². The molecule has 0 bridgehead atoms. The molecule has 1 aliphatic carbocycles. The summed E-state index contributed by atoms with van der Waals surface area (Å²) in [5, 5.41) is 0.807. The number of likely N-dealkylation sites (tertiary alicyclic amines) is 1. The van der Waals surface area contributed by atoms with E-state index in [2.05, 4.69) is 4.98 Å². The molecule has 2 aromatic rings. The summed E-state index contributed by atoms with van der Waals surface area (Å²) >= 11 is 1.43. The Balaban J connectivity index is 1.70. The van der Waals surface area contributed by atoms with Gasteiger partial charge in [0.2, 0.25) is 0 Å². The third-order valence-corrected chi connectivity index (χ3v) is 5.85. The number of aryl methyl sites for hydroxylation is 1. The summed E-state index contributed by atoms with van der Waals surface area (Å²) in [6.45, 7) is 3.13. The van der Waals surface area contributed by atoms with Crippen LogP contribution in [0.2, 0.25) is 0 Å². The first kappa shape index (κ1) is 14.8. The molecule has 1 aromatic carbocycles. The van der Waals surface area contributed by atoms with Crippen LogP contribution in [-0.2, 0) is 0 Å². The molecule has 120 valence electrons. The lowest BCUT2D eigenvalue weighted by Crippen LogP contribution is -2.43. The first-order valence-corrected chi connectivity index (χ1v) is 8.64. The number of nitrogens with zero attached hydrogens (tertiary/aromatic N) is 2. The van der Waals surface area contributed by atoms with Crippen LogP contribution in [0.3, 0.4) is 0 Å². The number of halogens is 1. The van der Waals surface area contributed by atoms with E-state index in [1.54, 1.807) is 6.07 Å². The molecule has 1 amide bonds. The van der Waals surface area contributed by atoms with Crippen LogP contribution in [0.5, 0.6) is 0 Å². The van der Waals surface area contributed by atoms with Crippen molar-refractivity contribution < 1.29 is 9.18 Å². The predicted molar refractivity (Wildman–Crippen MR) is 87.7 cm³/mol. The van der Waals surface area contributed by atoms with Crippen LogP contribution < -0.4 is 5.73 Å². The third kappa shape index (κ3) is 2.46. The number of nitrogens with two attached hydrogens (primary N) is 1. The molecule has 2 N–H and O–H groups in total. The number of benzene rings is 1. The maximum atomic E-state index is 13.5. The highest BCUT2D eigenvalue weighted by molar-refractivity contribution is 7.15. The predicted octanol–water partition coefficient (Wildman–Crippen LogP) is 2.68. The summed E-state index contributed by atoms with van der Waals surface area (Å²) in [6, 6.07) is 6.44. The van der Waals surface area contributed by atoms with Crippen LogP contribution in [0.15, 0.2) is 24.3 Å². The van der Waals surface area contributed by atoms with Gasteiger partial charge in [0.05, 0.1) is 9.88 Å². The van der Waals surface area contributed by atoms with Crippen LogP contribution in [0.25, 0.3) is 10.4 Å². The van der Waals surface area contributed by atoms with Crippen LogP contribution in [0, 0.1) is 24.6 Å². The third-order valence-electron chi connectivity index (χ3n) is 4.83. The normalized spacial score (nSPS) is 25.5. The zero-order valence-corrected chi connectivity index (χ0v) is 13.6. The van der Waals surface area contributed by atoms with Crippen molar-refractivity contribution in [1.29, 1.82) is 0 Å². The van der Waals surface area contributed by atoms with E-state index in [0.717, 1.165) is 16.4 Å². The highest BCUT2D eigenvalue weighted by Crippen LogP contribution is 2.49. The Kier molecular flexibility index (Phi) is 3.46. The molecule has 2 fully saturated rings. The Hall–Kier alpha value is -1.79. The van der Waals surface area contributed by atoms with Crippen molar-refractivity contribution in [3.63, 3.8) is 0 Å². The van der Waals surface area contributed by atoms with E-state index in [9.17, 15) is 9.18 Å². The summed E-state index contributed by atoms with van der Waals surface area (Å²) in [6.07, 6.45) is 1.18. The van der Waals surface area contributed by atoms with Gasteiger partial charge < -0.3 is 10.6 Å². The first-order valence-electron chi connectivity index (χ1n) is 7.83. The second-order valence-electron chi connectivity index (χ2n) is 6.34. The molecule has 6 heteroatoms. The van der Waals surface area contributed by atoms with Crippen molar-refractivity contribution in [2.45, 2.75) is 19.4 Å². The lowest BCUT2D eigenvalue weighted by Gasteiger charge is -2.26. The van der Waals surface area contributed by atoms with Crippen molar-refractivity contribution in [1.82, 2.24) is 9.88 Å².